The van der Waals surface area contributed by atoms with E-state index in [1.54, 1.807) is 0 Å². The van der Waals surface area contributed by atoms with Gasteiger partial charge in [-0.05, 0) is 24.6 Å². The molecule has 0 aliphatic heterocycles. The van der Waals surface area contributed by atoms with Gasteiger partial charge in [0.15, 0.2) is 11.6 Å². The van der Waals surface area contributed by atoms with Crippen LogP contribution in [0.4, 0.5) is 8.78 Å². The molecule has 1 aromatic rings. The van der Waals surface area contributed by atoms with Crippen LogP contribution in [0.25, 0.3) is 0 Å². The molecule has 1 aromatic carbocycles. The van der Waals surface area contributed by atoms with Crippen molar-refractivity contribution in [3.8, 4) is 6.07 Å². The van der Waals surface area contributed by atoms with Crippen LogP contribution in [0.3, 0.4) is 0 Å². The lowest BCUT2D eigenvalue weighted by molar-refractivity contribution is 0.455. The zero-order valence-corrected chi connectivity index (χ0v) is 11.9. The van der Waals surface area contributed by atoms with Crippen molar-refractivity contribution in [2.75, 3.05) is 13.6 Å². The van der Waals surface area contributed by atoms with Crippen molar-refractivity contribution >= 4 is 10.2 Å². The van der Waals surface area contributed by atoms with Crippen molar-refractivity contribution in [1.82, 2.24) is 9.03 Å². The monoisotopic (exact) mass is 303 g/mol. The molecule has 1 unspecified atom stereocenters. The third kappa shape index (κ3) is 4.23. The van der Waals surface area contributed by atoms with Crippen molar-refractivity contribution in [1.29, 1.82) is 5.26 Å². The number of hydrogen-bond acceptors (Lipinski definition) is 3. The van der Waals surface area contributed by atoms with Gasteiger partial charge in [0.25, 0.3) is 10.2 Å². The summed E-state index contributed by atoms with van der Waals surface area (Å²) in [6, 6.07) is 4.31. The maximum absolute atomic E-state index is 13.1. The number of nitriles is 1. The van der Waals surface area contributed by atoms with Crippen LogP contribution in [0.15, 0.2) is 18.2 Å². The minimum absolute atomic E-state index is 0.0519. The first-order valence-corrected chi connectivity index (χ1v) is 7.27. The Balaban J connectivity index is 2.81. The Labute approximate surface area is 117 Å². The molecule has 1 N–H and O–H groups in total. The highest BCUT2D eigenvalue weighted by Crippen LogP contribution is 2.17. The minimum atomic E-state index is -3.79. The molecule has 0 aliphatic rings. The van der Waals surface area contributed by atoms with E-state index in [2.05, 4.69) is 4.72 Å². The largest absolute Gasteiger partial charge is 0.279 e. The zero-order chi connectivity index (χ0) is 15.3. The summed E-state index contributed by atoms with van der Waals surface area (Å²) >= 11 is 0. The summed E-state index contributed by atoms with van der Waals surface area (Å²) in [5.74, 6) is -2.03. The predicted molar refractivity (Wildman–Crippen MR) is 69.7 cm³/mol. The molecule has 0 spiro atoms. The average Bonchev–Trinajstić information content (AvgIpc) is 2.38. The van der Waals surface area contributed by atoms with E-state index in [4.69, 9.17) is 5.26 Å². The van der Waals surface area contributed by atoms with E-state index in [0.29, 0.717) is 5.56 Å². The quantitative estimate of drug-likeness (QED) is 0.869. The molecule has 0 radical (unpaired) electrons. The molecule has 0 fully saturated rings. The van der Waals surface area contributed by atoms with Crippen LogP contribution in [-0.4, -0.2) is 26.3 Å². The number of halogens is 2. The van der Waals surface area contributed by atoms with Gasteiger partial charge in [-0.2, -0.15) is 22.7 Å². The number of benzene rings is 1. The van der Waals surface area contributed by atoms with E-state index in [-0.39, 0.29) is 13.0 Å². The summed E-state index contributed by atoms with van der Waals surface area (Å²) in [6.07, 6.45) is 0.0664. The van der Waals surface area contributed by atoms with E-state index in [1.807, 2.05) is 6.07 Å². The number of rotatable bonds is 6. The van der Waals surface area contributed by atoms with E-state index in [0.717, 1.165) is 16.4 Å². The van der Waals surface area contributed by atoms with E-state index in [1.165, 1.54) is 20.0 Å². The van der Waals surface area contributed by atoms with Gasteiger partial charge in [-0.15, -0.1) is 0 Å². The Bertz CT molecular complexity index is 614. The van der Waals surface area contributed by atoms with Crippen LogP contribution < -0.4 is 4.72 Å². The van der Waals surface area contributed by atoms with Crippen LogP contribution in [-0.2, 0) is 10.2 Å². The van der Waals surface area contributed by atoms with E-state index >= 15 is 0 Å². The normalized spacial score (nSPS) is 13.2. The molecule has 20 heavy (non-hydrogen) atoms. The van der Waals surface area contributed by atoms with Gasteiger partial charge in [0.1, 0.15) is 0 Å². The van der Waals surface area contributed by atoms with Crippen molar-refractivity contribution in [2.45, 2.75) is 19.4 Å². The topological polar surface area (TPSA) is 73.2 Å². The summed E-state index contributed by atoms with van der Waals surface area (Å²) in [7, 11) is -2.46. The second kappa shape index (κ2) is 6.74. The van der Waals surface area contributed by atoms with Crippen molar-refractivity contribution in [3.63, 3.8) is 0 Å². The molecule has 1 rings (SSSR count). The lowest BCUT2D eigenvalue weighted by Crippen LogP contribution is -2.39. The summed E-state index contributed by atoms with van der Waals surface area (Å²) < 4.78 is 53.1. The molecule has 0 saturated heterocycles. The summed E-state index contributed by atoms with van der Waals surface area (Å²) in [4.78, 5) is 0. The van der Waals surface area contributed by atoms with Gasteiger partial charge < -0.3 is 0 Å². The molecule has 1 atom stereocenters. The van der Waals surface area contributed by atoms with Gasteiger partial charge in [0.2, 0.25) is 0 Å². The second-order valence-corrected chi connectivity index (χ2v) is 6.06. The predicted octanol–water partition coefficient (Wildman–Crippen LogP) is 1.71. The molecule has 0 aliphatic carbocycles. The molecule has 0 amide bonds. The number of nitrogens with one attached hydrogen (secondary N) is 1. The lowest BCUT2D eigenvalue weighted by Gasteiger charge is -2.20. The molecule has 0 heterocycles. The SMILES string of the molecule is CC(NS(=O)(=O)N(C)CCC#N)c1ccc(F)c(F)c1. The van der Waals surface area contributed by atoms with Gasteiger partial charge in [-0.1, -0.05) is 6.07 Å². The third-order valence-electron chi connectivity index (χ3n) is 2.72. The molecular weight excluding hydrogens is 288 g/mol. The fraction of sp³-hybridized carbons (Fsp3) is 0.417. The molecule has 0 aromatic heterocycles. The maximum Gasteiger partial charge on any atom is 0.279 e. The van der Waals surface area contributed by atoms with Crippen LogP contribution in [0, 0.1) is 23.0 Å². The van der Waals surface area contributed by atoms with Crippen molar-refractivity contribution in [3.05, 3.63) is 35.4 Å². The fourth-order valence-electron chi connectivity index (χ4n) is 1.49. The van der Waals surface area contributed by atoms with E-state index < -0.39 is 27.9 Å². The van der Waals surface area contributed by atoms with Crippen molar-refractivity contribution < 1.29 is 17.2 Å². The Morgan fingerprint density at radius 3 is 2.60 bits per heavy atom. The van der Waals surface area contributed by atoms with Crippen molar-refractivity contribution in [2.24, 2.45) is 0 Å². The van der Waals surface area contributed by atoms with Crippen LogP contribution >= 0.6 is 0 Å². The summed E-state index contributed by atoms with van der Waals surface area (Å²) in [6.45, 7) is 1.57. The minimum Gasteiger partial charge on any atom is -0.204 e. The first-order valence-electron chi connectivity index (χ1n) is 5.83. The summed E-state index contributed by atoms with van der Waals surface area (Å²) in [5.41, 5.74) is 0.307. The summed E-state index contributed by atoms with van der Waals surface area (Å²) in [5, 5.41) is 8.43. The molecule has 0 saturated carbocycles. The Kier molecular flexibility index (Phi) is 5.56. The zero-order valence-electron chi connectivity index (χ0n) is 11.1. The van der Waals surface area contributed by atoms with Gasteiger partial charge in [0.05, 0.1) is 6.07 Å². The van der Waals surface area contributed by atoms with Crippen LogP contribution in [0.1, 0.15) is 24.9 Å². The van der Waals surface area contributed by atoms with Gasteiger partial charge in [-0.3, -0.25) is 0 Å². The van der Waals surface area contributed by atoms with Gasteiger partial charge in [-0.25, -0.2) is 8.78 Å². The highest BCUT2D eigenvalue weighted by molar-refractivity contribution is 7.87. The van der Waals surface area contributed by atoms with Crippen LogP contribution in [0.5, 0.6) is 0 Å². The maximum atomic E-state index is 13.1. The highest BCUT2D eigenvalue weighted by atomic mass is 32.2. The molecule has 5 nitrogen and oxygen atoms in total. The lowest BCUT2D eigenvalue weighted by atomic mass is 10.1. The Morgan fingerprint density at radius 2 is 2.05 bits per heavy atom. The molecular formula is C12H15F2N3O2S. The Morgan fingerprint density at radius 1 is 1.40 bits per heavy atom. The van der Waals surface area contributed by atoms with Gasteiger partial charge >= 0.3 is 0 Å². The van der Waals surface area contributed by atoms with E-state index in [9.17, 15) is 17.2 Å². The fourth-order valence-corrected chi connectivity index (χ4v) is 2.59. The third-order valence-corrected chi connectivity index (χ3v) is 4.37. The highest BCUT2D eigenvalue weighted by Gasteiger charge is 2.21. The Hall–Kier alpha value is -1.56. The second-order valence-electron chi connectivity index (χ2n) is 4.25. The molecule has 8 heteroatoms. The first-order chi connectivity index (χ1) is 9.27. The molecule has 0 bridgehead atoms. The first kappa shape index (κ1) is 16.5. The number of hydrogen-bond donors (Lipinski definition) is 1. The standard InChI is InChI=1S/C12H15F2N3O2S/c1-9(10-4-5-11(13)12(14)8-10)16-20(18,19)17(2)7-3-6-15/h4-5,8-9,16H,3,7H2,1-2H3. The van der Waals surface area contributed by atoms with Gasteiger partial charge in [0, 0.05) is 26.1 Å². The average molecular weight is 303 g/mol. The number of nitrogens with zero attached hydrogens (tertiary/aromatic N) is 2. The van der Waals surface area contributed by atoms with Crippen LogP contribution in [0.2, 0.25) is 0 Å². The molecule has 110 valence electrons. The smallest absolute Gasteiger partial charge is 0.204 e.